The van der Waals surface area contributed by atoms with Crippen molar-refractivity contribution in [2.24, 2.45) is 0 Å². The minimum absolute atomic E-state index is 0.137. The molecule has 0 amide bonds. The summed E-state index contributed by atoms with van der Waals surface area (Å²) in [6.07, 6.45) is 7.20. The SMILES string of the molecule is O=C1CCCCN2CC=CC12. The molecule has 0 saturated carbocycles. The molecule has 1 unspecified atom stereocenters. The average molecular weight is 151 g/mol. The van der Waals surface area contributed by atoms with Crippen molar-refractivity contribution in [3.05, 3.63) is 12.2 Å². The predicted octanol–water partition coefficient (Wildman–Crippen LogP) is 0.980. The Morgan fingerprint density at radius 3 is 3.27 bits per heavy atom. The molecule has 0 aromatic rings. The van der Waals surface area contributed by atoms with E-state index in [2.05, 4.69) is 11.0 Å². The molecule has 1 saturated heterocycles. The molecule has 11 heavy (non-hydrogen) atoms. The maximum absolute atomic E-state index is 11.4. The summed E-state index contributed by atoms with van der Waals surface area (Å²) in [6.45, 7) is 2.08. The second-order valence-electron chi connectivity index (χ2n) is 3.29. The zero-order chi connectivity index (χ0) is 7.68. The molecule has 0 spiro atoms. The standard InChI is InChI=1S/C9H13NO/c11-9-5-1-2-6-10-7-3-4-8(9)10/h3-4,8H,1-2,5-7H2. The zero-order valence-electron chi connectivity index (χ0n) is 6.62. The number of nitrogens with zero attached hydrogens (tertiary/aromatic N) is 1. The molecule has 0 radical (unpaired) electrons. The van der Waals surface area contributed by atoms with Crippen LogP contribution in [0.2, 0.25) is 0 Å². The van der Waals surface area contributed by atoms with E-state index in [-0.39, 0.29) is 6.04 Å². The van der Waals surface area contributed by atoms with Gasteiger partial charge in [-0.05, 0) is 19.4 Å². The molecule has 2 nitrogen and oxygen atoms in total. The zero-order valence-corrected chi connectivity index (χ0v) is 6.62. The summed E-state index contributed by atoms with van der Waals surface area (Å²) in [6, 6.07) is 0.137. The van der Waals surface area contributed by atoms with E-state index in [4.69, 9.17) is 0 Å². The molecule has 2 heterocycles. The fourth-order valence-electron chi connectivity index (χ4n) is 1.86. The Labute approximate surface area is 66.9 Å². The summed E-state index contributed by atoms with van der Waals surface area (Å²) >= 11 is 0. The molecule has 1 atom stereocenters. The first kappa shape index (κ1) is 7.04. The van der Waals surface area contributed by atoms with Gasteiger partial charge in [0.2, 0.25) is 0 Å². The van der Waals surface area contributed by atoms with Crippen LogP contribution < -0.4 is 0 Å². The van der Waals surface area contributed by atoms with E-state index in [9.17, 15) is 4.79 Å². The van der Waals surface area contributed by atoms with Gasteiger partial charge in [0.15, 0.2) is 5.78 Å². The van der Waals surface area contributed by atoms with Gasteiger partial charge < -0.3 is 0 Å². The highest BCUT2D eigenvalue weighted by Gasteiger charge is 2.27. The van der Waals surface area contributed by atoms with E-state index >= 15 is 0 Å². The molecule has 60 valence electrons. The van der Waals surface area contributed by atoms with E-state index in [0.29, 0.717) is 5.78 Å². The minimum atomic E-state index is 0.137. The number of ketones is 1. The van der Waals surface area contributed by atoms with Crippen molar-refractivity contribution in [1.29, 1.82) is 0 Å². The first-order chi connectivity index (χ1) is 5.38. The Morgan fingerprint density at radius 1 is 1.45 bits per heavy atom. The van der Waals surface area contributed by atoms with Crippen LogP contribution in [0.5, 0.6) is 0 Å². The van der Waals surface area contributed by atoms with Crippen molar-refractivity contribution in [1.82, 2.24) is 4.90 Å². The number of fused-ring (bicyclic) bond motifs is 1. The fourth-order valence-corrected chi connectivity index (χ4v) is 1.86. The Kier molecular flexibility index (Phi) is 1.78. The number of hydrogen-bond donors (Lipinski definition) is 0. The fraction of sp³-hybridized carbons (Fsp3) is 0.667. The Hall–Kier alpha value is -0.630. The van der Waals surface area contributed by atoms with Gasteiger partial charge in [-0.25, -0.2) is 0 Å². The molecule has 2 heteroatoms. The van der Waals surface area contributed by atoms with Crippen molar-refractivity contribution in [3.8, 4) is 0 Å². The van der Waals surface area contributed by atoms with Gasteiger partial charge >= 0.3 is 0 Å². The van der Waals surface area contributed by atoms with E-state index in [1.807, 2.05) is 6.08 Å². The predicted molar refractivity (Wildman–Crippen MR) is 43.4 cm³/mol. The molecule has 0 aromatic carbocycles. The summed E-state index contributed by atoms with van der Waals surface area (Å²) in [5.74, 6) is 0.413. The van der Waals surface area contributed by atoms with Crippen molar-refractivity contribution < 1.29 is 4.79 Å². The summed E-state index contributed by atoms with van der Waals surface area (Å²) in [4.78, 5) is 13.7. The topological polar surface area (TPSA) is 20.3 Å². The molecule has 2 aliphatic rings. The highest BCUT2D eigenvalue weighted by Crippen LogP contribution is 2.18. The van der Waals surface area contributed by atoms with Crippen LogP contribution in [-0.2, 0) is 4.79 Å². The van der Waals surface area contributed by atoms with Crippen LogP contribution in [0.3, 0.4) is 0 Å². The van der Waals surface area contributed by atoms with Gasteiger partial charge in [-0.3, -0.25) is 9.69 Å². The smallest absolute Gasteiger partial charge is 0.153 e. The Morgan fingerprint density at radius 2 is 2.36 bits per heavy atom. The van der Waals surface area contributed by atoms with Gasteiger partial charge in [0.25, 0.3) is 0 Å². The summed E-state index contributed by atoms with van der Waals surface area (Å²) in [7, 11) is 0. The Bertz CT molecular complexity index is 198. The van der Waals surface area contributed by atoms with E-state index < -0.39 is 0 Å². The summed E-state index contributed by atoms with van der Waals surface area (Å²) < 4.78 is 0. The maximum atomic E-state index is 11.4. The molecule has 0 bridgehead atoms. The van der Waals surface area contributed by atoms with Crippen LogP contribution in [0, 0.1) is 0 Å². The van der Waals surface area contributed by atoms with Crippen molar-refractivity contribution in [2.45, 2.75) is 25.3 Å². The lowest BCUT2D eigenvalue weighted by molar-refractivity contribution is -0.121. The van der Waals surface area contributed by atoms with Gasteiger partial charge in [-0.2, -0.15) is 0 Å². The lowest BCUT2D eigenvalue weighted by Crippen LogP contribution is -2.34. The highest BCUT2D eigenvalue weighted by molar-refractivity contribution is 5.86. The first-order valence-corrected chi connectivity index (χ1v) is 4.31. The van der Waals surface area contributed by atoms with Crippen LogP contribution in [0.1, 0.15) is 19.3 Å². The van der Waals surface area contributed by atoms with E-state index in [0.717, 1.165) is 25.9 Å². The summed E-state index contributed by atoms with van der Waals surface area (Å²) in [5.41, 5.74) is 0. The number of rotatable bonds is 0. The van der Waals surface area contributed by atoms with Crippen LogP contribution in [0.4, 0.5) is 0 Å². The van der Waals surface area contributed by atoms with Crippen LogP contribution in [-0.4, -0.2) is 29.8 Å². The van der Waals surface area contributed by atoms with Gasteiger partial charge in [0.1, 0.15) is 0 Å². The van der Waals surface area contributed by atoms with Gasteiger partial charge in [0, 0.05) is 13.0 Å². The second kappa shape index (κ2) is 2.78. The van der Waals surface area contributed by atoms with Crippen LogP contribution >= 0.6 is 0 Å². The van der Waals surface area contributed by atoms with E-state index in [1.165, 1.54) is 6.42 Å². The largest absolute Gasteiger partial charge is 0.298 e. The normalized spacial score (nSPS) is 32.0. The number of carbonyl (C=O) groups excluding carboxylic acids is 1. The first-order valence-electron chi connectivity index (χ1n) is 4.31. The number of carbonyl (C=O) groups is 1. The van der Waals surface area contributed by atoms with Crippen molar-refractivity contribution in [3.63, 3.8) is 0 Å². The number of hydrogen-bond acceptors (Lipinski definition) is 2. The monoisotopic (exact) mass is 151 g/mol. The minimum Gasteiger partial charge on any atom is -0.298 e. The second-order valence-corrected chi connectivity index (χ2v) is 3.29. The molecule has 2 rings (SSSR count). The highest BCUT2D eigenvalue weighted by atomic mass is 16.1. The third-order valence-electron chi connectivity index (χ3n) is 2.50. The molecule has 2 aliphatic heterocycles. The molecule has 0 N–H and O–H groups in total. The van der Waals surface area contributed by atoms with Crippen LogP contribution in [0.15, 0.2) is 12.2 Å². The van der Waals surface area contributed by atoms with Crippen molar-refractivity contribution >= 4 is 5.78 Å². The molecule has 0 aromatic heterocycles. The molecule has 0 aliphatic carbocycles. The quantitative estimate of drug-likeness (QED) is 0.481. The van der Waals surface area contributed by atoms with Gasteiger partial charge in [0.05, 0.1) is 6.04 Å². The molecular weight excluding hydrogens is 138 g/mol. The van der Waals surface area contributed by atoms with Gasteiger partial charge in [-0.1, -0.05) is 12.2 Å². The molecular formula is C9H13NO. The van der Waals surface area contributed by atoms with E-state index in [1.54, 1.807) is 0 Å². The number of Topliss-reactive ketones (excluding diaryl/α,β-unsaturated/α-hetero) is 1. The lowest BCUT2D eigenvalue weighted by atomic mass is 10.1. The average Bonchev–Trinajstić information content (AvgIpc) is 2.40. The molecule has 1 fully saturated rings. The summed E-state index contributed by atoms with van der Waals surface area (Å²) in [5, 5.41) is 0. The third kappa shape index (κ3) is 1.23. The van der Waals surface area contributed by atoms with Crippen molar-refractivity contribution in [2.75, 3.05) is 13.1 Å². The Balaban J connectivity index is 2.14. The maximum Gasteiger partial charge on any atom is 0.153 e. The van der Waals surface area contributed by atoms with Gasteiger partial charge in [-0.15, -0.1) is 0 Å². The van der Waals surface area contributed by atoms with Crippen LogP contribution in [0.25, 0.3) is 0 Å². The third-order valence-corrected chi connectivity index (χ3v) is 2.50. The lowest BCUT2D eigenvalue weighted by Gasteiger charge is -2.19.